The van der Waals surface area contributed by atoms with Gasteiger partial charge in [-0.25, -0.2) is 0 Å². The summed E-state index contributed by atoms with van der Waals surface area (Å²) >= 11 is 0. The molecule has 0 aliphatic rings. The summed E-state index contributed by atoms with van der Waals surface area (Å²) in [6.45, 7) is 4.24. The zero-order valence-corrected chi connectivity index (χ0v) is 11.8. The molecule has 0 spiro atoms. The van der Waals surface area contributed by atoms with Crippen molar-refractivity contribution < 1.29 is 4.74 Å². The van der Waals surface area contributed by atoms with Gasteiger partial charge in [-0.15, -0.1) is 5.10 Å². The molecular formula is C15H16N4O. The van der Waals surface area contributed by atoms with Crippen LogP contribution in [0.4, 0.5) is 5.82 Å². The molecule has 5 heteroatoms. The molecule has 0 unspecified atom stereocenters. The van der Waals surface area contributed by atoms with Crippen molar-refractivity contribution in [3.63, 3.8) is 0 Å². The van der Waals surface area contributed by atoms with Crippen LogP contribution in [0.5, 0.6) is 5.75 Å². The highest BCUT2D eigenvalue weighted by Gasteiger charge is 2.11. The van der Waals surface area contributed by atoms with E-state index in [1.165, 1.54) is 0 Å². The van der Waals surface area contributed by atoms with Crippen LogP contribution in [-0.4, -0.2) is 17.3 Å². The lowest BCUT2D eigenvalue weighted by Crippen LogP contribution is -2.08. The number of ether oxygens (including phenoxy) is 1. The first-order chi connectivity index (χ1) is 9.67. The van der Waals surface area contributed by atoms with E-state index in [1.807, 2.05) is 38.1 Å². The Hall–Kier alpha value is -2.61. The van der Waals surface area contributed by atoms with Crippen molar-refractivity contribution >= 4 is 5.82 Å². The standard InChI is InChI=1S/C15H16N4O/c1-10-11(2)18-19-15(13(10)8-16)17-9-12-6-4-5-7-14(12)20-3/h4-7H,9H2,1-3H3,(H,17,19). The van der Waals surface area contributed by atoms with Crippen LogP contribution in [0.25, 0.3) is 0 Å². The molecule has 0 fully saturated rings. The molecule has 0 atom stereocenters. The van der Waals surface area contributed by atoms with Crippen molar-refractivity contribution in [2.24, 2.45) is 0 Å². The van der Waals surface area contributed by atoms with Gasteiger partial charge in [0.1, 0.15) is 17.4 Å². The van der Waals surface area contributed by atoms with Gasteiger partial charge in [-0.1, -0.05) is 18.2 Å². The van der Waals surface area contributed by atoms with Crippen LogP contribution in [0.2, 0.25) is 0 Å². The van der Waals surface area contributed by atoms with Crippen molar-refractivity contribution in [1.82, 2.24) is 10.2 Å². The minimum atomic E-state index is 0.501. The van der Waals surface area contributed by atoms with Gasteiger partial charge in [-0.3, -0.25) is 0 Å². The predicted molar refractivity (Wildman–Crippen MR) is 76.5 cm³/mol. The Morgan fingerprint density at radius 1 is 1.25 bits per heavy atom. The smallest absolute Gasteiger partial charge is 0.167 e. The maximum atomic E-state index is 9.24. The lowest BCUT2D eigenvalue weighted by atomic mass is 10.1. The predicted octanol–water partition coefficient (Wildman–Crippen LogP) is 2.59. The van der Waals surface area contributed by atoms with Gasteiger partial charge in [-0.05, 0) is 25.5 Å². The number of aromatic nitrogens is 2. The molecule has 20 heavy (non-hydrogen) atoms. The number of nitrogens with one attached hydrogen (secondary N) is 1. The third-order valence-corrected chi connectivity index (χ3v) is 3.21. The summed E-state index contributed by atoms with van der Waals surface area (Å²) in [5.74, 6) is 1.30. The number of para-hydroxylation sites is 1. The fourth-order valence-corrected chi connectivity index (χ4v) is 1.90. The Morgan fingerprint density at radius 2 is 2.00 bits per heavy atom. The monoisotopic (exact) mass is 268 g/mol. The number of hydrogen-bond donors (Lipinski definition) is 1. The van der Waals surface area contributed by atoms with E-state index < -0.39 is 0 Å². The lowest BCUT2D eigenvalue weighted by Gasteiger charge is -2.11. The molecule has 0 bridgehead atoms. The Labute approximate surface area is 118 Å². The van der Waals surface area contributed by atoms with Crippen molar-refractivity contribution in [3.8, 4) is 11.8 Å². The summed E-state index contributed by atoms with van der Waals surface area (Å²) in [4.78, 5) is 0. The number of hydrogen-bond acceptors (Lipinski definition) is 5. The van der Waals surface area contributed by atoms with Crippen molar-refractivity contribution in [2.75, 3.05) is 12.4 Å². The molecule has 5 nitrogen and oxygen atoms in total. The van der Waals surface area contributed by atoms with Gasteiger partial charge in [0.2, 0.25) is 0 Å². The summed E-state index contributed by atoms with van der Waals surface area (Å²) in [7, 11) is 1.63. The van der Waals surface area contributed by atoms with E-state index in [2.05, 4.69) is 21.6 Å². The van der Waals surface area contributed by atoms with Gasteiger partial charge < -0.3 is 10.1 Å². The van der Waals surface area contributed by atoms with Crippen LogP contribution in [0.1, 0.15) is 22.4 Å². The summed E-state index contributed by atoms with van der Waals surface area (Å²) in [6, 6.07) is 9.89. The maximum Gasteiger partial charge on any atom is 0.167 e. The van der Waals surface area contributed by atoms with E-state index in [0.29, 0.717) is 17.9 Å². The molecular weight excluding hydrogens is 252 g/mol. The Kier molecular flexibility index (Phi) is 4.16. The number of nitrogens with zero attached hydrogens (tertiary/aromatic N) is 3. The van der Waals surface area contributed by atoms with Crippen LogP contribution in [-0.2, 0) is 6.54 Å². The topological polar surface area (TPSA) is 70.8 Å². The molecule has 0 amide bonds. The van der Waals surface area contributed by atoms with E-state index in [1.54, 1.807) is 7.11 Å². The second kappa shape index (κ2) is 6.02. The molecule has 1 aromatic heterocycles. The van der Waals surface area contributed by atoms with E-state index >= 15 is 0 Å². The summed E-state index contributed by atoms with van der Waals surface area (Å²) in [6.07, 6.45) is 0. The SMILES string of the molecule is COc1ccccc1CNc1nnc(C)c(C)c1C#N. The van der Waals surface area contributed by atoms with Crippen LogP contribution in [0, 0.1) is 25.2 Å². The molecule has 1 N–H and O–H groups in total. The second-order valence-corrected chi connectivity index (χ2v) is 4.41. The quantitative estimate of drug-likeness (QED) is 0.922. The first kappa shape index (κ1) is 13.8. The Bertz CT molecular complexity index is 661. The normalized spacial score (nSPS) is 9.90. The number of nitriles is 1. The Balaban J connectivity index is 2.24. The highest BCUT2D eigenvalue weighted by atomic mass is 16.5. The molecule has 1 aromatic carbocycles. The molecule has 0 aliphatic carbocycles. The van der Waals surface area contributed by atoms with Crippen LogP contribution >= 0.6 is 0 Å². The molecule has 1 heterocycles. The van der Waals surface area contributed by atoms with Crippen molar-refractivity contribution in [1.29, 1.82) is 5.26 Å². The molecule has 0 radical (unpaired) electrons. The molecule has 2 aromatic rings. The summed E-state index contributed by atoms with van der Waals surface area (Å²) in [5.41, 5.74) is 3.15. The summed E-state index contributed by atoms with van der Waals surface area (Å²) in [5, 5.41) is 20.5. The van der Waals surface area contributed by atoms with Crippen molar-refractivity contribution in [3.05, 3.63) is 46.6 Å². The molecule has 0 saturated heterocycles. The average Bonchev–Trinajstić information content (AvgIpc) is 2.48. The third kappa shape index (κ3) is 2.69. The Morgan fingerprint density at radius 3 is 2.70 bits per heavy atom. The second-order valence-electron chi connectivity index (χ2n) is 4.41. The van der Waals surface area contributed by atoms with Crippen LogP contribution in [0.15, 0.2) is 24.3 Å². The van der Waals surface area contributed by atoms with Crippen LogP contribution < -0.4 is 10.1 Å². The fraction of sp³-hybridized carbons (Fsp3) is 0.267. The van der Waals surface area contributed by atoms with Gasteiger partial charge in [0.25, 0.3) is 0 Å². The van der Waals surface area contributed by atoms with Gasteiger partial charge >= 0.3 is 0 Å². The minimum Gasteiger partial charge on any atom is -0.496 e. The molecule has 2 rings (SSSR count). The molecule has 0 saturated carbocycles. The molecule has 102 valence electrons. The lowest BCUT2D eigenvalue weighted by molar-refractivity contribution is 0.410. The zero-order valence-electron chi connectivity index (χ0n) is 11.8. The van der Waals surface area contributed by atoms with E-state index in [-0.39, 0.29) is 0 Å². The highest BCUT2D eigenvalue weighted by molar-refractivity contribution is 5.56. The van der Waals surface area contributed by atoms with Crippen molar-refractivity contribution in [2.45, 2.75) is 20.4 Å². The van der Waals surface area contributed by atoms with Gasteiger partial charge in [-0.2, -0.15) is 10.4 Å². The van der Waals surface area contributed by atoms with Gasteiger partial charge in [0.05, 0.1) is 12.8 Å². The first-order valence-electron chi connectivity index (χ1n) is 6.27. The number of aryl methyl sites for hydroxylation is 1. The zero-order chi connectivity index (χ0) is 14.5. The fourth-order valence-electron chi connectivity index (χ4n) is 1.90. The number of benzene rings is 1. The summed E-state index contributed by atoms with van der Waals surface area (Å²) < 4.78 is 5.29. The maximum absolute atomic E-state index is 9.24. The first-order valence-corrected chi connectivity index (χ1v) is 6.27. The van der Waals surface area contributed by atoms with Gasteiger partial charge in [0.15, 0.2) is 5.82 Å². The van der Waals surface area contributed by atoms with Gasteiger partial charge in [0, 0.05) is 12.1 Å². The third-order valence-electron chi connectivity index (χ3n) is 3.21. The minimum absolute atomic E-state index is 0.501. The van der Waals surface area contributed by atoms with E-state index in [0.717, 1.165) is 22.6 Å². The van der Waals surface area contributed by atoms with E-state index in [4.69, 9.17) is 4.74 Å². The number of rotatable bonds is 4. The number of anilines is 1. The highest BCUT2D eigenvalue weighted by Crippen LogP contribution is 2.21. The largest absolute Gasteiger partial charge is 0.496 e. The van der Waals surface area contributed by atoms with E-state index in [9.17, 15) is 5.26 Å². The molecule has 0 aliphatic heterocycles. The van der Waals surface area contributed by atoms with Crippen LogP contribution in [0.3, 0.4) is 0 Å². The number of methoxy groups -OCH3 is 1. The average molecular weight is 268 g/mol.